The molecule has 4 heterocycles. The van der Waals surface area contributed by atoms with Crippen LogP contribution in [0.5, 0.6) is 0 Å². The molecule has 2 unspecified atom stereocenters. The normalized spacial score (nSPS) is 17.1. The highest BCUT2D eigenvalue weighted by Crippen LogP contribution is 2.34. The summed E-state index contributed by atoms with van der Waals surface area (Å²) in [5, 5.41) is 24.7. The lowest BCUT2D eigenvalue weighted by Crippen LogP contribution is -2.53. The highest BCUT2D eigenvalue weighted by atomic mass is 19.1. The van der Waals surface area contributed by atoms with E-state index in [1.54, 1.807) is 24.3 Å². The van der Waals surface area contributed by atoms with Gasteiger partial charge in [0.15, 0.2) is 0 Å². The van der Waals surface area contributed by atoms with Crippen molar-refractivity contribution in [3.63, 3.8) is 0 Å². The van der Waals surface area contributed by atoms with Crippen LogP contribution in [0.3, 0.4) is 0 Å². The first-order valence-electron chi connectivity index (χ1n) is 21.0. The number of ether oxygens (including phenoxy) is 2. The van der Waals surface area contributed by atoms with E-state index in [-0.39, 0.29) is 40.6 Å². The molecule has 2 atom stereocenters. The van der Waals surface area contributed by atoms with Gasteiger partial charge in [-0.3, -0.25) is 0 Å². The van der Waals surface area contributed by atoms with Crippen LogP contribution in [0.25, 0.3) is 22.5 Å². The number of anilines is 2. The molecular formula is C49H52F2N8O3. The van der Waals surface area contributed by atoms with Crippen molar-refractivity contribution >= 4 is 17.7 Å². The van der Waals surface area contributed by atoms with Crippen molar-refractivity contribution in [3.05, 3.63) is 155 Å². The molecule has 0 aliphatic carbocycles. The van der Waals surface area contributed by atoms with Gasteiger partial charge in [-0.1, -0.05) is 88.4 Å². The molecule has 0 radical (unpaired) electrons. The largest absolute Gasteiger partial charge is 0.377 e. The third-order valence-electron chi connectivity index (χ3n) is 11.9. The molecular weight excluding hydrogens is 787 g/mol. The predicted octanol–water partition coefficient (Wildman–Crippen LogP) is 9.23. The molecule has 4 aromatic carbocycles. The molecule has 62 heavy (non-hydrogen) atoms. The second-order valence-electron chi connectivity index (χ2n) is 17.2. The molecule has 2 aliphatic rings. The summed E-state index contributed by atoms with van der Waals surface area (Å²) >= 11 is 0. The second-order valence-corrected chi connectivity index (χ2v) is 17.2. The minimum atomic E-state index is -0.308. The number of amides is 2. The molecule has 2 aliphatic heterocycles. The number of nitrogens with one attached hydrogen (secondary N) is 2. The topological polar surface area (TPSA) is 118 Å². The Bertz CT molecular complexity index is 2280. The van der Waals surface area contributed by atoms with Gasteiger partial charge in [0.25, 0.3) is 0 Å². The Morgan fingerprint density at radius 3 is 1.40 bits per heavy atom. The highest BCUT2D eigenvalue weighted by Gasteiger charge is 2.37. The summed E-state index contributed by atoms with van der Waals surface area (Å²) in [6.07, 6.45) is 0. The predicted molar refractivity (Wildman–Crippen MR) is 237 cm³/mol. The number of carbonyl (C=O) groups excluding carboxylic acids is 1. The van der Waals surface area contributed by atoms with Crippen LogP contribution < -0.4 is 10.6 Å². The molecule has 320 valence electrons. The Labute approximate surface area is 361 Å². The third kappa shape index (κ3) is 9.74. The second kappa shape index (κ2) is 18.3. The van der Waals surface area contributed by atoms with Gasteiger partial charge in [0.2, 0.25) is 0 Å². The fraction of sp³-hybridized carbons (Fsp3) is 0.327. The Hall–Kier alpha value is -6.31. The van der Waals surface area contributed by atoms with Gasteiger partial charge < -0.3 is 29.9 Å². The molecule has 0 spiro atoms. The zero-order valence-electron chi connectivity index (χ0n) is 35.5. The van der Waals surface area contributed by atoms with E-state index < -0.39 is 0 Å². The standard InChI is InChI=1S/C49H52F2N8O3/c1-48(2,37-11-15-39(50)16-12-37)31-52-45-21-19-41(54-56-45)33-7-5-9-35(27-33)43-29-61-25-23-58(43)47(60)59-24-26-62-30-44(59)36-10-6-8-34(28-36)42-20-22-46(57-55-42)53-32-49(3,4)38-13-17-40(51)18-14-38/h5-22,27-28,43-44H,23-26,29-32H2,1-4H3,(H,52,56)(H,53,57). The number of nitrogens with zero attached hydrogens (tertiary/aromatic N) is 6. The summed E-state index contributed by atoms with van der Waals surface area (Å²) in [5.41, 5.74) is 6.61. The fourth-order valence-corrected chi connectivity index (χ4v) is 7.98. The van der Waals surface area contributed by atoms with E-state index in [0.717, 1.165) is 33.4 Å². The fourth-order valence-electron chi connectivity index (χ4n) is 7.98. The van der Waals surface area contributed by atoms with Crippen LogP contribution in [0.2, 0.25) is 0 Å². The number of hydrogen-bond donors (Lipinski definition) is 2. The SMILES string of the molecule is CC(C)(CNc1ccc(-c2cccc(C3COCCN3C(=O)N3CCOCC3c3cccc(-c4ccc(NCC(C)(C)c5ccc(F)cc5)nn4)c3)c2)nn1)c1ccc(F)cc1. The van der Waals surface area contributed by atoms with Crippen LogP contribution in [0.15, 0.2) is 121 Å². The summed E-state index contributed by atoms with van der Waals surface area (Å²) in [7, 11) is 0. The number of rotatable bonds is 12. The number of halogens is 2. The maximum Gasteiger partial charge on any atom is 0.321 e. The van der Waals surface area contributed by atoms with Gasteiger partial charge in [0, 0.05) is 48.1 Å². The van der Waals surface area contributed by atoms with Crippen molar-refractivity contribution in [3.8, 4) is 22.5 Å². The van der Waals surface area contributed by atoms with E-state index in [0.29, 0.717) is 75.6 Å². The third-order valence-corrected chi connectivity index (χ3v) is 11.9. The average molecular weight is 839 g/mol. The first kappa shape index (κ1) is 42.4. The molecule has 0 bridgehead atoms. The Morgan fingerprint density at radius 1 is 0.597 bits per heavy atom. The maximum atomic E-state index is 14.6. The number of benzene rings is 4. The summed E-state index contributed by atoms with van der Waals surface area (Å²) in [5.74, 6) is 0.769. The summed E-state index contributed by atoms with van der Waals surface area (Å²) in [6, 6.07) is 36.2. The molecule has 8 rings (SSSR count). The lowest BCUT2D eigenvalue weighted by atomic mass is 9.84. The number of carbonyl (C=O) groups is 1. The monoisotopic (exact) mass is 838 g/mol. The van der Waals surface area contributed by atoms with E-state index >= 15 is 0 Å². The van der Waals surface area contributed by atoms with E-state index in [1.807, 2.05) is 70.5 Å². The van der Waals surface area contributed by atoms with E-state index in [1.165, 1.54) is 24.3 Å². The van der Waals surface area contributed by atoms with Gasteiger partial charge >= 0.3 is 6.03 Å². The smallest absolute Gasteiger partial charge is 0.321 e. The van der Waals surface area contributed by atoms with Crippen LogP contribution in [0, 0.1) is 11.6 Å². The molecule has 6 aromatic rings. The molecule has 11 nitrogen and oxygen atoms in total. The Kier molecular flexibility index (Phi) is 12.5. The summed E-state index contributed by atoms with van der Waals surface area (Å²) < 4.78 is 39.0. The summed E-state index contributed by atoms with van der Waals surface area (Å²) in [6.45, 7) is 12.1. The number of urea groups is 1. The van der Waals surface area contributed by atoms with Gasteiger partial charge in [-0.2, -0.15) is 0 Å². The number of morpholine rings is 2. The van der Waals surface area contributed by atoms with Crippen molar-refractivity contribution in [2.75, 3.05) is 63.2 Å². The average Bonchev–Trinajstić information content (AvgIpc) is 3.31. The molecule has 2 N–H and O–H groups in total. The van der Waals surface area contributed by atoms with Crippen molar-refractivity contribution in [2.24, 2.45) is 0 Å². The van der Waals surface area contributed by atoms with Crippen molar-refractivity contribution in [1.29, 1.82) is 0 Å². The minimum Gasteiger partial charge on any atom is -0.377 e. The number of aromatic nitrogens is 4. The lowest BCUT2D eigenvalue weighted by Gasteiger charge is -2.43. The first-order chi connectivity index (χ1) is 29.9. The van der Waals surface area contributed by atoms with Gasteiger partial charge in [-0.15, -0.1) is 20.4 Å². The molecule has 0 saturated carbocycles. The number of hydrogen-bond acceptors (Lipinski definition) is 9. The van der Waals surface area contributed by atoms with Crippen LogP contribution in [-0.4, -0.2) is 88.8 Å². The molecule has 2 amide bonds. The molecule has 2 saturated heterocycles. The van der Waals surface area contributed by atoms with E-state index in [2.05, 4.69) is 70.9 Å². The van der Waals surface area contributed by atoms with Crippen LogP contribution in [0.4, 0.5) is 25.2 Å². The van der Waals surface area contributed by atoms with E-state index in [9.17, 15) is 13.6 Å². The maximum absolute atomic E-state index is 14.6. The van der Waals surface area contributed by atoms with Gasteiger partial charge in [0.05, 0.1) is 49.9 Å². The van der Waals surface area contributed by atoms with Gasteiger partial charge in [-0.25, -0.2) is 13.6 Å². The Balaban J connectivity index is 0.934. The van der Waals surface area contributed by atoms with Crippen LogP contribution in [0.1, 0.15) is 62.0 Å². The Morgan fingerprint density at radius 2 is 1.02 bits per heavy atom. The zero-order chi connectivity index (χ0) is 43.3. The van der Waals surface area contributed by atoms with Crippen LogP contribution >= 0.6 is 0 Å². The van der Waals surface area contributed by atoms with Crippen molar-refractivity contribution in [1.82, 2.24) is 30.2 Å². The summed E-state index contributed by atoms with van der Waals surface area (Å²) in [4.78, 5) is 18.5. The van der Waals surface area contributed by atoms with Gasteiger partial charge in [0.1, 0.15) is 23.3 Å². The molecule has 13 heteroatoms. The van der Waals surface area contributed by atoms with Gasteiger partial charge in [-0.05, 0) is 82.9 Å². The lowest BCUT2D eigenvalue weighted by molar-refractivity contribution is -0.0262. The highest BCUT2D eigenvalue weighted by molar-refractivity contribution is 5.76. The minimum absolute atomic E-state index is 0.0695. The first-order valence-corrected chi connectivity index (χ1v) is 21.0. The zero-order valence-corrected chi connectivity index (χ0v) is 35.5. The van der Waals surface area contributed by atoms with E-state index in [4.69, 9.17) is 9.47 Å². The quantitative estimate of drug-likeness (QED) is 0.124. The van der Waals surface area contributed by atoms with Crippen molar-refractivity contribution < 1.29 is 23.0 Å². The van der Waals surface area contributed by atoms with Crippen LogP contribution in [-0.2, 0) is 20.3 Å². The molecule has 2 fully saturated rings. The molecule has 2 aromatic heterocycles. The van der Waals surface area contributed by atoms with Crippen molar-refractivity contribution in [2.45, 2.75) is 50.6 Å².